The van der Waals surface area contributed by atoms with Gasteiger partial charge in [0, 0.05) is 11.6 Å². The van der Waals surface area contributed by atoms with Gasteiger partial charge in [0.25, 0.3) is 0 Å². The number of nitrogens with zero attached hydrogens (tertiary/aromatic N) is 2. The molecule has 0 aliphatic carbocycles. The van der Waals surface area contributed by atoms with Gasteiger partial charge in [-0.2, -0.15) is 0 Å². The van der Waals surface area contributed by atoms with Crippen LogP contribution in [0.15, 0.2) is 41.0 Å². The van der Waals surface area contributed by atoms with Gasteiger partial charge in [0.1, 0.15) is 0 Å². The standard InChI is InChI=1S/C20H17ClN2O7/c1-4-29-17-9-11(7-13(21)18(17)28-3)8-14-20(24)30-19(22-14)12-5-6-16(27-2)15(10-12)23(25)26/h5-10H,4H2,1-3H3/b14-8+. The molecule has 10 heteroatoms. The number of nitro benzene ring substituents is 1. The summed E-state index contributed by atoms with van der Waals surface area (Å²) in [6, 6.07) is 7.39. The monoisotopic (exact) mass is 432 g/mol. The van der Waals surface area contributed by atoms with E-state index in [1.807, 2.05) is 6.92 Å². The summed E-state index contributed by atoms with van der Waals surface area (Å²) in [6.07, 6.45) is 1.47. The molecular formula is C20H17ClN2O7. The third-order valence-corrected chi connectivity index (χ3v) is 4.36. The highest BCUT2D eigenvalue weighted by Crippen LogP contribution is 2.37. The first-order valence-corrected chi connectivity index (χ1v) is 9.11. The lowest BCUT2D eigenvalue weighted by molar-refractivity contribution is -0.385. The highest BCUT2D eigenvalue weighted by Gasteiger charge is 2.27. The zero-order valence-electron chi connectivity index (χ0n) is 16.3. The number of benzene rings is 2. The van der Waals surface area contributed by atoms with Gasteiger partial charge in [-0.05, 0) is 42.8 Å². The summed E-state index contributed by atoms with van der Waals surface area (Å²) in [6.45, 7) is 2.21. The van der Waals surface area contributed by atoms with Crippen LogP contribution >= 0.6 is 11.6 Å². The summed E-state index contributed by atoms with van der Waals surface area (Å²) in [7, 11) is 2.80. The fourth-order valence-electron chi connectivity index (χ4n) is 2.79. The van der Waals surface area contributed by atoms with Gasteiger partial charge in [0.15, 0.2) is 22.9 Å². The average Bonchev–Trinajstić information content (AvgIpc) is 3.08. The first-order valence-electron chi connectivity index (χ1n) is 8.73. The number of rotatable bonds is 7. The van der Waals surface area contributed by atoms with Crippen molar-refractivity contribution < 1.29 is 28.7 Å². The SMILES string of the molecule is CCOc1cc(/C=C2/N=C(c3ccc(OC)c([N+](=O)[O-])c3)OC2=O)cc(Cl)c1OC. The van der Waals surface area contributed by atoms with Crippen LogP contribution in [0.4, 0.5) is 5.69 Å². The molecule has 0 bridgehead atoms. The molecule has 0 atom stereocenters. The summed E-state index contributed by atoms with van der Waals surface area (Å²) in [5.41, 5.74) is 0.547. The molecule has 0 unspecified atom stereocenters. The smallest absolute Gasteiger partial charge is 0.363 e. The van der Waals surface area contributed by atoms with Gasteiger partial charge in [0.05, 0.1) is 30.8 Å². The van der Waals surface area contributed by atoms with Gasteiger partial charge < -0.3 is 18.9 Å². The number of carbonyl (C=O) groups is 1. The number of ether oxygens (including phenoxy) is 4. The number of cyclic esters (lactones) is 1. The molecule has 0 aromatic heterocycles. The number of halogens is 1. The van der Waals surface area contributed by atoms with Crippen LogP contribution in [-0.2, 0) is 9.53 Å². The van der Waals surface area contributed by atoms with Crippen molar-refractivity contribution in [3.05, 3.63) is 62.3 Å². The van der Waals surface area contributed by atoms with Crippen molar-refractivity contribution in [2.75, 3.05) is 20.8 Å². The zero-order chi connectivity index (χ0) is 21.8. The van der Waals surface area contributed by atoms with Crippen molar-refractivity contribution in [2.24, 2.45) is 4.99 Å². The number of hydrogen-bond donors (Lipinski definition) is 0. The Morgan fingerprint density at radius 2 is 1.97 bits per heavy atom. The molecule has 1 aliphatic rings. The van der Waals surface area contributed by atoms with Crippen LogP contribution in [0.5, 0.6) is 17.2 Å². The van der Waals surface area contributed by atoms with Crippen LogP contribution in [0, 0.1) is 10.1 Å². The van der Waals surface area contributed by atoms with E-state index in [-0.39, 0.29) is 28.6 Å². The Balaban J connectivity index is 1.99. The fourth-order valence-corrected chi connectivity index (χ4v) is 3.08. The van der Waals surface area contributed by atoms with Gasteiger partial charge in [-0.15, -0.1) is 0 Å². The molecule has 9 nitrogen and oxygen atoms in total. The molecule has 2 aromatic rings. The molecule has 0 N–H and O–H groups in total. The lowest BCUT2D eigenvalue weighted by atomic mass is 10.1. The van der Waals surface area contributed by atoms with Gasteiger partial charge >= 0.3 is 11.7 Å². The largest absolute Gasteiger partial charge is 0.491 e. The summed E-state index contributed by atoms with van der Waals surface area (Å²) < 4.78 is 20.9. The van der Waals surface area contributed by atoms with Gasteiger partial charge in [0.2, 0.25) is 5.90 Å². The molecule has 0 amide bonds. The average molecular weight is 433 g/mol. The van der Waals surface area contributed by atoms with Crippen LogP contribution < -0.4 is 14.2 Å². The van der Waals surface area contributed by atoms with Crippen LogP contribution in [-0.4, -0.2) is 37.6 Å². The van der Waals surface area contributed by atoms with Crippen LogP contribution in [0.1, 0.15) is 18.1 Å². The third kappa shape index (κ3) is 4.20. The third-order valence-electron chi connectivity index (χ3n) is 4.08. The number of aliphatic imine (C=N–C) groups is 1. The van der Waals surface area contributed by atoms with E-state index in [9.17, 15) is 14.9 Å². The first-order chi connectivity index (χ1) is 14.4. The van der Waals surface area contributed by atoms with Crippen molar-refractivity contribution in [1.82, 2.24) is 0 Å². The van der Waals surface area contributed by atoms with E-state index in [1.165, 1.54) is 38.5 Å². The van der Waals surface area contributed by atoms with E-state index in [2.05, 4.69) is 4.99 Å². The lowest BCUT2D eigenvalue weighted by Crippen LogP contribution is -2.06. The second kappa shape index (κ2) is 8.83. The molecule has 1 aliphatic heterocycles. The van der Waals surface area contributed by atoms with Gasteiger partial charge in [-0.1, -0.05) is 11.6 Å². The van der Waals surface area contributed by atoms with E-state index in [4.69, 9.17) is 30.5 Å². The number of carbonyl (C=O) groups excluding carboxylic acids is 1. The predicted octanol–water partition coefficient (Wildman–Crippen LogP) is 4.01. The lowest BCUT2D eigenvalue weighted by Gasteiger charge is -2.11. The zero-order valence-corrected chi connectivity index (χ0v) is 17.1. The summed E-state index contributed by atoms with van der Waals surface area (Å²) in [5, 5.41) is 11.5. The predicted molar refractivity (Wildman–Crippen MR) is 109 cm³/mol. The minimum Gasteiger partial charge on any atom is -0.491 e. The summed E-state index contributed by atoms with van der Waals surface area (Å²) in [5.74, 6) is 0.126. The molecular weight excluding hydrogens is 416 g/mol. The fraction of sp³-hybridized carbons (Fsp3) is 0.200. The molecule has 3 rings (SSSR count). The second-order valence-electron chi connectivity index (χ2n) is 5.95. The van der Waals surface area contributed by atoms with Crippen molar-refractivity contribution in [2.45, 2.75) is 6.92 Å². The van der Waals surface area contributed by atoms with E-state index >= 15 is 0 Å². The Morgan fingerprint density at radius 1 is 1.20 bits per heavy atom. The molecule has 2 aromatic carbocycles. The Morgan fingerprint density at radius 3 is 2.60 bits per heavy atom. The molecule has 30 heavy (non-hydrogen) atoms. The molecule has 1 heterocycles. The Hall–Kier alpha value is -3.59. The Labute approximate surface area is 176 Å². The number of nitro groups is 1. The van der Waals surface area contributed by atoms with E-state index in [0.29, 0.717) is 28.7 Å². The quantitative estimate of drug-likeness (QED) is 0.281. The van der Waals surface area contributed by atoms with Crippen LogP contribution in [0.2, 0.25) is 5.02 Å². The second-order valence-corrected chi connectivity index (χ2v) is 6.35. The van der Waals surface area contributed by atoms with E-state index in [1.54, 1.807) is 12.1 Å². The topological polar surface area (TPSA) is 109 Å². The van der Waals surface area contributed by atoms with Crippen LogP contribution in [0.3, 0.4) is 0 Å². The van der Waals surface area contributed by atoms with Gasteiger partial charge in [-0.25, -0.2) is 9.79 Å². The molecule has 156 valence electrons. The van der Waals surface area contributed by atoms with Crippen molar-refractivity contribution in [3.63, 3.8) is 0 Å². The van der Waals surface area contributed by atoms with Crippen LogP contribution in [0.25, 0.3) is 6.08 Å². The number of esters is 1. The molecule has 0 radical (unpaired) electrons. The Kier molecular flexibility index (Phi) is 6.22. The van der Waals surface area contributed by atoms with E-state index < -0.39 is 10.9 Å². The maximum atomic E-state index is 12.3. The highest BCUT2D eigenvalue weighted by molar-refractivity contribution is 6.32. The molecule has 0 saturated carbocycles. The maximum absolute atomic E-state index is 12.3. The highest BCUT2D eigenvalue weighted by atomic mass is 35.5. The maximum Gasteiger partial charge on any atom is 0.363 e. The molecule has 0 fully saturated rings. The minimum atomic E-state index is -0.701. The number of hydrogen-bond acceptors (Lipinski definition) is 8. The molecule has 0 spiro atoms. The molecule has 0 saturated heterocycles. The number of methoxy groups -OCH3 is 2. The Bertz CT molecular complexity index is 1080. The van der Waals surface area contributed by atoms with E-state index in [0.717, 1.165) is 0 Å². The van der Waals surface area contributed by atoms with Crippen molar-refractivity contribution >= 4 is 35.2 Å². The minimum absolute atomic E-state index is 0.00662. The normalized spacial score (nSPS) is 14.3. The van der Waals surface area contributed by atoms with Crippen molar-refractivity contribution in [1.29, 1.82) is 0 Å². The van der Waals surface area contributed by atoms with Gasteiger partial charge in [-0.3, -0.25) is 10.1 Å². The summed E-state index contributed by atoms with van der Waals surface area (Å²) >= 11 is 6.23. The first kappa shape index (κ1) is 21.1. The summed E-state index contributed by atoms with van der Waals surface area (Å²) in [4.78, 5) is 27.1. The van der Waals surface area contributed by atoms with Crippen molar-refractivity contribution in [3.8, 4) is 17.2 Å².